The first-order valence-corrected chi connectivity index (χ1v) is 4.83. The maximum absolute atomic E-state index is 9.67. The molecule has 4 nitrogen and oxygen atoms in total. The van der Waals surface area contributed by atoms with Gasteiger partial charge in [-0.05, 0) is 6.42 Å². The topological polar surface area (TPSA) is 52.9 Å². The number of likely N-dealkylation sites (tertiary alicyclic amines) is 1. The molecule has 13 heavy (non-hydrogen) atoms. The largest absolute Gasteiger partial charge is 0.394 e. The second-order valence-corrected chi connectivity index (χ2v) is 3.62. The summed E-state index contributed by atoms with van der Waals surface area (Å²) < 4.78 is 5.12. The van der Waals surface area contributed by atoms with Crippen LogP contribution in [0.3, 0.4) is 0 Å². The highest BCUT2D eigenvalue weighted by molar-refractivity contribution is 4.93. The lowest BCUT2D eigenvalue weighted by molar-refractivity contribution is -0.106. The SMILES string of the molecule is CCC1(O)CN(CCOCCO)C1. The zero-order chi connectivity index (χ0) is 9.73. The Hall–Kier alpha value is -0.160. The fraction of sp³-hybridized carbons (Fsp3) is 1.00. The van der Waals surface area contributed by atoms with E-state index in [0.29, 0.717) is 13.2 Å². The smallest absolute Gasteiger partial charge is 0.0897 e. The van der Waals surface area contributed by atoms with Gasteiger partial charge in [-0.25, -0.2) is 0 Å². The maximum atomic E-state index is 9.67. The number of hydrogen-bond acceptors (Lipinski definition) is 4. The molecule has 0 aliphatic carbocycles. The Morgan fingerprint density at radius 3 is 2.62 bits per heavy atom. The standard InChI is InChI=1S/C9H19NO3/c1-2-9(12)7-10(8-9)3-5-13-6-4-11/h11-12H,2-8H2,1H3. The van der Waals surface area contributed by atoms with Crippen LogP contribution in [0.5, 0.6) is 0 Å². The van der Waals surface area contributed by atoms with Gasteiger partial charge in [-0.15, -0.1) is 0 Å². The molecule has 0 spiro atoms. The number of β-amino-alcohol motifs (C(OH)–C–C–N with tert-alkyl or cyclic N) is 1. The van der Waals surface area contributed by atoms with Gasteiger partial charge in [-0.1, -0.05) is 6.92 Å². The molecule has 4 heteroatoms. The molecule has 1 aliphatic heterocycles. The van der Waals surface area contributed by atoms with E-state index in [1.165, 1.54) is 0 Å². The normalized spacial score (nSPS) is 21.5. The lowest BCUT2D eigenvalue weighted by Crippen LogP contribution is -2.61. The zero-order valence-electron chi connectivity index (χ0n) is 8.20. The molecule has 0 saturated carbocycles. The van der Waals surface area contributed by atoms with Crippen molar-refractivity contribution in [3.05, 3.63) is 0 Å². The highest BCUT2D eigenvalue weighted by Gasteiger charge is 2.38. The molecule has 0 unspecified atom stereocenters. The molecule has 0 aromatic rings. The predicted molar refractivity (Wildman–Crippen MR) is 49.6 cm³/mol. The molecule has 0 radical (unpaired) electrons. The third-order valence-electron chi connectivity index (χ3n) is 2.48. The first-order valence-electron chi connectivity index (χ1n) is 4.83. The van der Waals surface area contributed by atoms with Gasteiger partial charge in [-0.3, -0.25) is 4.90 Å². The van der Waals surface area contributed by atoms with Crippen LogP contribution in [0.4, 0.5) is 0 Å². The van der Waals surface area contributed by atoms with Gasteiger partial charge in [0.2, 0.25) is 0 Å². The fourth-order valence-corrected chi connectivity index (χ4v) is 1.53. The number of rotatable bonds is 6. The van der Waals surface area contributed by atoms with E-state index < -0.39 is 5.60 Å². The van der Waals surface area contributed by atoms with Crippen molar-refractivity contribution in [3.63, 3.8) is 0 Å². The van der Waals surface area contributed by atoms with Gasteiger partial charge < -0.3 is 14.9 Å². The summed E-state index contributed by atoms with van der Waals surface area (Å²) in [5.74, 6) is 0. The van der Waals surface area contributed by atoms with Gasteiger partial charge in [0.05, 0.1) is 25.4 Å². The predicted octanol–water partition coefficient (Wildman–Crippen LogP) is -0.548. The Kier molecular flexibility index (Phi) is 4.12. The van der Waals surface area contributed by atoms with Gasteiger partial charge in [0.1, 0.15) is 0 Å². The summed E-state index contributed by atoms with van der Waals surface area (Å²) in [5.41, 5.74) is -0.447. The summed E-state index contributed by atoms with van der Waals surface area (Å²) in [4.78, 5) is 2.15. The van der Waals surface area contributed by atoms with Crippen molar-refractivity contribution in [3.8, 4) is 0 Å². The van der Waals surface area contributed by atoms with E-state index in [4.69, 9.17) is 9.84 Å². The summed E-state index contributed by atoms with van der Waals surface area (Å²) in [7, 11) is 0. The Balaban J connectivity index is 1.96. The first kappa shape index (κ1) is 10.9. The third-order valence-corrected chi connectivity index (χ3v) is 2.48. The minimum Gasteiger partial charge on any atom is -0.394 e. The van der Waals surface area contributed by atoms with Crippen LogP contribution in [-0.4, -0.2) is 60.2 Å². The highest BCUT2D eigenvalue weighted by Crippen LogP contribution is 2.23. The summed E-state index contributed by atoms with van der Waals surface area (Å²) in [6.45, 7) is 5.49. The molecule has 1 aliphatic rings. The molecule has 0 amide bonds. The molecule has 78 valence electrons. The average Bonchev–Trinajstić information content (AvgIpc) is 2.08. The van der Waals surface area contributed by atoms with Crippen LogP contribution in [0.1, 0.15) is 13.3 Å². The van der Waals surface area contributed by atoms with E-state index in [2.05, 4.69) is 4.90 Å². The minimum atomic E-state index is -0.447. The maximum Gasteiger partial charge on any atom is 0.0897 e. The van der Waals surface area contributed by atoms with E-state index in [1.54, 1.807) is 0 Å². The Bertz CT molecular complexity index is 146. The highest BCUT2D eigenvalue weighted by atomic mass is 16.5. The molecule has 0 aromatic heterocycles. The summed E-state index contributed by atoms with van der Waals surface area (Å²) >= 11 is 0. The van der Waals surface area contributed by atoms with Crippen LogP contribution in [0.25, 0.3) is 0 Å². The van der Waals surface area contributed by atoms with Crippen molar-refractivity contribution < 1.29 is 14.9 Å². The Labute approximate surface area is 79.1 Å². The fourth-order valence-electron chi connectivity index (χ4n) is 1.53. The summed E-state index contributed by atoms with van der Waals surface area (Å²) in [5, 5.41) is 18.1. The van der Waals surface area contributed by atoms with Gasteiger partial charge in [-0.2, -0.15) is 0 Å². The number of hydrogen-bond donors (Lipinski definition) is 2. The van der Waals surface area contributed by atoms with Crippen LogP contribution in [0.15, 0.2) is 0 Å². The molecule has 0 bridgehead atoms. The quantitative estimate of drug-likeness (QED) is 0.551. The Morgan fingerprint density at radius 2 is 2.08 bits per heavy atom. The molecular formula is C9H19NO3. The second-order valence-electron chi connectivity index (χ2n) is 3.62. The van der Waals surface area contributed by atoms with Crippen molar-refractivity contribution in [2.45, 2.75) is 18.9 Å². The molecule has 0 aromatic carbocycles. The lowest BCUT2D eigenvalue weighted by atomic mass is 9.91. The third kappa shape index (κ3) is 3.23. The van der Waals surface area contributed by atoms with Crippen LogP contribution in [-0.2, 0) is 4.74 Å². The van der Waals surface area contributed by atoms with Crippen LogP contribution in [0, 0.1) is 0 Å². The molecule has 2 N–H and O–H groups in total. The molecule has 0 atom stereocenters. The summed E-state index contributed by atoms with van der Waals surface area (Å²) in [6.07, 6.45) is 0.820. The number of aliphatic hydroxyl groups excluding tert-OH is 1. The van der Waals surface area contributed by atoms with E-state index >= 15 is 0 Å². The number of aliphatic hydroxyl groups is 2. The van der Waals surface area contributed by atoms with Crippen LogP contribution in [0.2, 0.25) is 0 Å². The lowest BCUT2D eigenvalue weighted by Gasteiger charge is -2.46. The summed E-state index contributed by atoms with van der Waals surface area (Å²) in [6, 6.07) is 0. The van der Waals surface area contributed by atoms with Gasteiger partial charge >= 0.3 is 0 Å². The molecule has 1 rings (SSSR count). The van der Waals surface area contributed by atoms with E-state index in [9.17, 15) is 5.11 Å². The van der Waals surface area contributed by atoms with E-state index in [1.807, 2.05) is 6.92 Å². The van der Waals surface area contributed by atoms with Gasteiger partial charge in [0.15, 0.2) is 0 Å². The minimum absolute atomic E-state index is 0.0822. The van der Waals surface area contributed by atoms with E-state index in [-0.39, 0.29) is 6.61 Å². The first-order chi connectivity index (χ1) is 6.20. The zero-order valence-corrected chi connectivity index (χ0v) is 8.20. The average molecular weight is 189 g/mol. The molecule has 1 saturated heterocycles. The van der Waals surface area contributed by atoms with Crippen molar-refractivity contribution >= 4 is 0 Å². The van der Waals surface area contributed by atoms with Gasteiger partial charge in [0, 0.05) is 19.6 Å². The van der Waals surface area contributed by atoms with Crippen molar-refractivity contribution in [2.75, 3.05) is 39.5 Å². The molecule has 1 heterocycles. The van der Waals surface area contributed by atoms with Crippen molar-refractivity contribution in [2.24, 2.45) is 0 Å². The monoisotopic (exact) mass is 189 g/mol. The Morgan fingerprint density at radius 1 is 1.38 bits per heavy atom. The molecule has 1 fully saturated rings. The van der Waals surface area contributed by atoms with Gasteiger partial charge in [0.25, 0.3) is 0 Å². The van der Waals surface area contributed by atoms with Crippen molar-refractivity contribution in [1.29, 1.82) is 0 Å². The van der Waals surface area contributed by atoms with Crippen LogP contribution >= 0.6 is 0 Å². The van der Waals surface area contributed by atoms with Crippen molar-refractivity contribution in [1.82, 2.24) is 4.90 Å². The van der Waals surface area contributed by atoms with E-state index in [0.717, 1.165) is 26.1 Å². The van der Waals surface area contributed by atoms with Crippen LogP contribution < -0.4 is 0 Å². The number of ether oxygens (including phenoxy) is 1. The second kappa shape index (κ2) is 4.91. The number of nitrogens with zero attached hydrogens (tertiary/aromatic N) is 1. The molecular weight excluding hydrogens is 170 g/mol.